The van der Waals surface area contributed by atoms with Gasteiger partial charge in [0.1, 0.15) is 41.4 Å². The monoisotopic (exact) mass is 828 g/mol. The Kier molecular flexibility index (Phi) is 16.9. The molecule has 1 aromatic rings. The molecule has 16 heteroatoms. The number of likely N-dealkylation sites (N-methyl/N-ethyl adjacent to an activating group) is 1. The van der Waals surface area contributed by atoms with Gasteiger partial charge in [0.05, 0.1) is 18.6 Å². The van der Waals surface area contributed by atoms with E-state index >= 15 is 0 Å². The van der Waals surface area contributed by atoms with E-state index in [4.69, 9.17) is 9.47 Å². The summed E-state index contributed by atoms with van der Waals surface area (Å²) in [6.07, 6.45) is -2.74. The minimum atomic E-state index is -1.56. The number of amides is 6. The molecule has 3 rings (SSSR count). The summed E-state index contributed by atoms with van der Waals surface area (Å²) in [7, 11) is 1.46. The molecule has 6 amide bonds. The average Bonchev–Trinajstić information content (AvgIpc) is 3.62. The summed E-state index contributed by atoms with van der Waals surface area (Å²) < 4.78 is 11.4. The van der Waals surface area contributed by atoms with Crippen molar-refractivity contribution in [1.82, 2.24) is 31.1 Å². The van der Waals surface area contributed by atoms with Crippen molar-refractivity contribution >= 4 is 41.6 Å². The highest BCUT2D eigenvalue weighted by Gasteiger charge is 2.44. The van der Waals surface area contributed by atoms with Gasteiger partial charge < -0.3 is 45.6 Å². The van der Waals surface area contributed by atoms with Gasteiger partial charge in [0, 0.05) is 20.0 Å². The molecule has 0 unspecified atom stereocenters. The van der Waals surface area contributed by atoms with E-state index in [1.165, 1.54) is 37.6 Å². The van der Waals surface area contributed by atoms with Crippen molar-refractivity contribution in [3.8, 4) is 0 Å². The van der Waals surface area contributed by atoms with Crippen LogP contribution < -0.4 is 21.3 Å². The first kappa shape index (κ1) is 48.6. The summed E-state index contributed by atoms with van der Waals surface area (Å²) in [6.45, 7) is 18.9. The number of carbonyl (C=O) groups excluding carboxylic acids is 7. The lowest BCUT2D eigenvalue weighted by Gasteiger charge is -2.35. The minimum absolute atomic E-state index is 0.0233. The SMILES string of the molecule is CC[C@H](C)[C@H]1NC(=O)[C@@H](NC(=O)OC(C)(C)C)[C@@H](C)OC(=O)[C@H](Cc2ccc(C)cc2)N(C)C(=O)[C@@H]2CCCN2C(=O)[C@H](CC(C)C)NC(=O)C(C)(C)NC(=O)C[C@@H]1O. The van der Waals surface area contributed by atoms with Gasteiger partial charge in [0.25, 0.3) is 0 Å². The molecule has 2 aliphatic heterocycles. The van der Waals surface area contributed by atoms with E-state index in [0.29, 0.717) is 24.8 Å². The first-order chi connectivity index (χ1) is 27.3. The van der Waals surface area contributed by atoms with Gasteiger partial charge in [0.2, 0.25) is 29.5 Å². The molecule has 330 valence electrons. The number of aryl methyl sites for hydroxylation is 1. The highest BCUT2D eigenvalue weighted by molar-refractivity contribution is 5.97. The smallest absolute Gasteiger partial charge is 0.408 e. The number of rotatable bonds is 7. The van der Waals surface area contributed by atoms with Crippen LogP contribution in [0, 0.1) is 18.8 Å². The zero-order chi connectivity index (χ0) is 44.6. The number of nitrogens with one attached hydrogen (secondary N) is 4. The highest BCUT2D eigenvalue weighted by atomic mass is 16.6. The molecule has 0 bridgehead atoms. The second-order valence-electron chi connectivity index (χ2n) is 18.1. The Bertz CT molecular complexity index is 1680. The van der Waals surface area contributed by atoms with Crippen LogP contribution in [0.4, 0.5) is 4.79 Å². The predicted molar refractivity (Wildman–Crippen MR) is 221 cm³/mol. The Balaban J connectivity index is 2.18. The van der Waals surface area contributed by atoms with E-state index < -0.39 is 107 Å². The number of alkyl carbamates (subject to hydrolysis) is 1. The molecule has 1 aromatic carbocycles. The molecule has 2 heterocycles. The van der Waals surface area contributed by atoms with Crippen LogP contribution in [0.15, 0.2) is 24.3 Å². The van der Waals surface area contributed by atoms with E-state index in [1.54, 1.807) is 27.7 Å². The maximum atomic E-state index is 14.5. The number of carbonyl (C=O) groups is 7. The minimum Gasteiger partial charge on any atom is -0.458 e. The fourth-order valence-electron chi connectivity index (χ4n) is 7.29. The second kappa shape index (κ2) is 20.5. The number of benzene rings is 1. The maximum absolute atomic E-state index is 14.5. The normalized spacial score (nSPS) is 27.5. The van der Waals surface area contributed by atoms with Crippen LogP contribution in [0.5, 0.6) is 0 Å². The van der Waals surface area contributed by atoms with Gasteiger partial charge in [-0.15, -0.1) is 0 Å². The number of fused-ring (bicyclic) bond motifs is 1. The van der Waals surface area contributed by atoms with Crippen molar-refractivity contribution in [3.05, 3.63) is 35.4 Å². The molecule has 2 saturated heterocycles. The number of ether oxygens (including phenoxy) is 2. The molecule has 59 heavy (non-hydrogen) atoms. The molecular formula is C43H68N6O10. The quantitative estimate of drug-likeness (QED) is 0.254. The molecular weight excluding hydrogens is 761 g/mol. The van der Waals surface area contributed by atoms with Gasteiger partial charge >= 0.3 is 12.1 Å². The highest BCUT2D eigenvalue weighted by Crippen LogP contribution is 2.25. The van der Waals surface area contributed by atoms with Crippen LogP contribution in [0.25, 0.3) is 0 Å². The fraction of sp³-hybridized carbons (Fsp3) is 0.698. The van der Waals surface area contributed by atoms with Gasteiger partial charge in [-0.1, -0.05) is 63.9 Å². The zero-order valence-electron chi connectivity index (χ0n) is 37.0. The van der Waals surface area contributed by atoms with E-state index in [9.17, 15) is 38.7 Å². The van der Waals surface area contributed by atoms with Crippen molar-refractivity contribution < 1.29 is 48.1 Å². The number of esters is 1. The number of aliphatic hydroxyl groups is 1. The predicted octanol–water partition coefficient (Wildman–Crippen LogP) is 2.90. The third-order valence-electron chi connectivity index (χ3n) is 10.9. The molecule has 0 aromatic heterocycles. The first-order valence-electron chi connectivity index (χ1n) is 20.8. The Morgan fingerprint density at radius 3 is 2.24 bits per heavy atom. The van der Waals surface area contributed by atoms with Gasteiger partial charge in [-0.25, -0.2) is 9.59 Å². The van der Waals surface area contributed by atoms with E-state index in [2.05, 4.69) is 21.3 Å². The molecule has 0 saturated carbocycles. The first-order valence-corrected chi connectivity index (χ1v) is 20.8. The van der Waals surface area contributed by atoms with Gasteiger partial charge in [-0.3, -0.25) is 24.0 Å². The van der Waals surface area contributed by atoms with Crippen LogP contribution in [0.3, 0.4) is 0 Å². The van der Waals surface area contributed by atoms with Crippen LogP contribution in [0.2, 0.25) is 0 Å². The summed E-state index contributed by atoms with van der Waals surface area (Å²) in [4.78, 5) is 100. The zero-order valence-corrected chi connectivity index (χ0v) is 37.0. The van der Waals surface area contributed by atoms with Crippen molar-refractivity contribution in [1.29, 1.82) is 0 Å². The number of cyclic esters (lactones) is 1. The number of hydrogen-bond donors (Lipinski definition) is 5. The average molecular weight is 829 g/mol. The molecule has 2 aliphatic rings. The topological polar surface area (TPSA) is 213 Å². The molecule has 2 fully saturated rings. The van der Waals surface area contributed by atoms with Crippen LogP contribution in [-0.4, -0.2) is 124 Å². The summed E-state index contributed by atoms with van der Waals surface area (Å²) in [5, 5.41) is 22.2. The third kappa shape index (κ3) is 13.7. The van der Waals surface area contributed by atoms with Crippen LogP contribution in [0.1, 0.15) is 112 Å². The number of nitrogens with zero attached hydrogens (tertiary/aromatic N) is 2. The Morgan fingerprint density at radius 1 is 1.03 bits per heavy atom. The summed E-state index contributed by atoms with van der Waals surface area (Å²) in [5.74, 6) is -4.47. The lowest BCUT2D eigenvalue weighted by molar-refractivity contribution is -0.161. The van der Waals surface area contributed by atoms with Gasteiger partial charge in [-0.2, -0.15) is 0 Å². The van der Waals surface area contributed by atoms with Crippen LogP contribution in [-0.2, 0) is 44.7 Å². The fourth-order valence-corrected chi connectivity index (χ4v) is 7.29. The van der Waals surface area contributed by atoms with E-state index in [1.807, 2.05) is 52.0 Å². The molecule has 0 spiro atoms. The van der Waals surface area contributed by atoms with Crippen molar-refractivity contribution in [2.45, 2.75) is 168 Å². The largest absolute Gasteiger partial charge is 0.458 e. The molecule has 0 radical (unpaired) electrons. The third-order valence-corrected chi connectivity index (χ3v) is 10.9. The lowest BCUT2D eigenvalue weighted by Crippen LogP contribution is -2.61. The standard InChI is InChI=1S/C43H68N6O10/c1-13-26(5)34-32(50)23-33(51)47-43(10,11)40(56)44-29(21-24(2)3)37(53)49-20-14-15-30(49)38(54)48(12)31(22-28-18-16-25(4)17-19-28)39(55)58-27(6)35(36(52)45-34)46-41(57)59-42(7,8)9/h16-19,24,26-27,29-32,34-35,50H,13-15,20-23H2,1-12H3,(H,44,56)(H,45,52)(H,46,57)(H,47,51)/t26-,27+,29-,30-,31-,32-,34+,35-/m0/s1. The Labute approximate surface area is 349 Å². The van der Waals surface area contributed by atoms with Gasteiger partial charge in [-0.05, 0) is 85.1 Å². The van der Waals surface area contributed by atoms with E-state index in [0.717, 1.165) is 5.56 Å². The lowest BCUT2D eigenvalue weighted by atomic mass is 9.91. The van der Waals surface area contributed by atoms with Crippen molar-refractivity contribution in [2.24, 2.45) is 11.8 Å². The summed E-state index contributed by atoms with van der Waals surface area (Å²) >= 11 is 0. The van der Waals surface area contributed by atoms with Gasteiger partial charge in [0.15, 0.2) is 0 Å². The molecule has 0 aliphatic carbocycles. The van der Waals surface area contributed by atoms with Crippen molar-refractivity contribution in [3.63, 3.8) is 0 Å². The van der Waals surface area contributed by atoms with Crippen LogP contribution >= 0.6 is 0 Å². The Hall–Kier alpha value is -4.73. The molecule has 5 N–H and O–H groups in total. The summed E-state index contributed by atoms with van der Waals surface area (Å²) in [5.41, 5.74) is -0.797. The number of aliphatic hydroxyl groups excluding tert-OH is 1. The number of hydrogen-bond acceptors (Lipinski definition) is 10. The summed E-state index contributed by atoms with van der Waals surface area (Å²) in [6, 6.07) is 1.59. The Morgan fingerprint density at radius 2 is 1.66 bits per heavy atom. The van der Waals surface area contributed by atoms with Crippen molar-refractivity contribution in [2.75, 3.05) is 13.6 Å². The van der Waals surface area contributed by atoms with E-state index in [-0.39, 0.29) is 25.3 Å². The molecule has 16 nitrogen and oxygen atoms in total. The molecule has 8 atom stereocenters. The second-order valence-corrected chi connectivity index (χ2v) is 18.1. The maximum Gasteiger partial charge on any atom is 0.408 e.